The Kier molecular flexibility index (Phi) is 4.09. The van der Waals surface area contributed by atoms with Crippen LogP contribution in [-0.4, -0.2) is 36.0 Å². The van der Waals surface area contributed by atoms with Gasteiger partial charge in [-0.3, -0.25) is 0 Å². The molecule has 0 saturated carbocycles. The summed E-state index contributed by atoms with van der Waals surface area (Å²) in [6, 6.07) is 6.63. The van der Waals surface area contributed by atoms with Crippen molar-refractivity contribution in [2.24, 2.45) is 0 Å². The average Bonchev–Trinajstić information content (AvgIpc) is 2.86. The second-order valence-electron chi connectivity index (χ2n) is 5.62. The highest BCUT2D eigenvalue weighted by molar-refractivity contribution is 9.10. The zero-order valence-corrected chi connectivity index (χ0v) is 14.6. The SMILES string of the molecule is CC(C)c1noc(C2CN(S(=O)(=O)c3ccc(Br)cc3)C2)n1. The summed E-state index contributed by atoms with van der Waals surface area (Å²) in [5, 5.41) is 3.91. The lowest BCUT2D eigenvalue weighted by Crippen LogP contribution is -2.48. The fourth-order valence-corrected chi connectivity index (χ4v) is 3.99. The number of halogens is 1. The Morgan fingerprint density at radius 2 is 1.91 bits per heavy atom. The predicted octanol–water partition coefficient (Wildman–Crippen LogP) is 2.74. The maximum absolute atomic E-state index is 12.5. The third kappa shape index (κ3) is 2.82. The Balaban J connectivity index is 1.70. The minimum atomic E-state index is -3.45. The highest BCUT2D eigenvalue weighted by atomic mass is 79.9. The van der Waals surface area contributed by atoms with Crippen LogP contribution in [0.15, 0.2) is 38.2 Å². The van der Waals surface area contributed by atoms with Crippen LogP contribution in [0.5, 0.6) is 0 Å². The first-order valence-corrected chi connectivity index (χ1v) is 9.20. The first-order valence-electron chi connectivity index (χ1n) is 6.97. The van der Waals surface area contributed by atoms with Crippen LogP contribution in [0.2, 0.25) is 0 Å². The normalized spacial score (nSPS) is 16.9. The monoisotopic (exact) mass is 385 g/mol. The maximum atomic E-state index is 12.5. The summed E-state index contributed by atoms with van der Waals surface area (Å²) in [7, 11) is -3.45. The lowest BCUT2D eigenvalue weighted by Gasteiger charge is -2.35. The van der Waals surface area contributed by atoms with Crippen LogP contribution in [-0.2, 0) is 10.0 Å². The van der Waals surface area contributed by atoms with Gasteiger partial charge < -0.3 is 4.52 Å². The molecule has 1 aromatic heterocycles. The van der Waals surface area contributed by atoms with Gasteiger partial charge in [0, 0.05) is 23.5 Å². The van der Waals surface area contributed by atoms with E-state index in [4.69, 9.17) is 4.52 Å². The summed E-state index contributed by atoms with van der Waals surface area (Å²) < 4.78 is 32.4. The summed E-state index contributed by atoms with van der Waals surface area (Å²) in [6.07, 6.45) is 0. The quantitative estimate of drug-likeness (QED) is 0.808. The molecule has 118 valence electrons. The second kappa shape index (κ2) is 5.75. The van der Waals surface area contributed by atoms with Crippen molar-refractivity contribution in [2.75, 3.05) is 13.1 Å². The van der Waals surface area contributed by atoms with Crippen molar-refractivity contribution in [1.29, 1.82) is 0 Å². The highest BCUT2D eigenvalue weighted by Gasteiger charge is 2.40. The molecule has 0 spiro atoms. The summed E-state index contributed by atoms with van der Waals surface area (Å²) in [4.78, 5) is 4.62. The molecule has 2 heterocycles. The predicted molar refractivity (Wildman–Crippen MR) is 84.0 cm³/mol. The number of benzene rings is 1. The maximum Gasteiger partial charge on any atom is 0.243 e. The molecule has 0 radical (unpaired) electrons. The molecule has 1 aliphatic rings. The van der Waals surface area contributed by atoms with Crippen LogP contribution < -0.4 is 0 Å². The van der Waals surface area contributed by atoms with E-state index in [1.165, 1.54) is 4.31 Å². The zero-order valence-electron chi connectivity index (χ0n) is 12.2. The van der Waals surface area contributed by atoms with Crippen LogP contribution >= 0.6 is 15.9 Å². The van der Waals surface area contributed by atoms with E-state index in [2.05, 4.69) is 26.1 Å². The van der Waals surface area contributed by atoms with Gasteiger partial charge in [0.05, 0.1) is 10.8 Å². The molecule has 22 heavy (non-hydrogen) atoms. The molecule has 8 heteroatoms. The van der Waals surface area contributed by atoms with Gasteiger partial charge >= 0.3 is 0 Å². The van der Waals surface area contributed by atoms with Gasteiger partial charge in [-0.1, -0.05) is 34.9 Å². The summed E-state index contributed by atoms with van der Waals surface area (Å²) in [5.41, 5.74) is 0. The van der Waals surface area contributed by atoms with Crippen molar-refractivity contribution in [3.63, 3.8) is 0 Å². The number of rotatable bonds is 4. The highest BCUT2D eigenvalue weighted by Crippen LogP contribution is 2.31. The lowest BCUT2D eigenvalue weighted by molar-refractivity contribution is 0.216. The van der Waals surface area contributed by atoms with Gasteiger partial charge in [0.2, 0.25) is 15.9 Å². The average molecular weight is 386 g/mol. The van der Waals surface area contributed by atoms with E-state index < -0.39 is 10.0 Å². The van der Waals surface area contributed by atoms with Crippen molar-refractivity contribution in [2.45, 2.75) is 30.6 Å². The van der Waals surface area contributed by atoms with E-state index in [0.717, 1.165) is 4.47 Å². The molecule has 0 aliphatic carbocycles. The molecule has 3 rings (SSSR count). The van der Waals surface area contributed by atoms with Gasteiger partial charge in [-0.2, -0.15) is 9.29 Å². The van der Waals surface area contributed by atoms with Crippen LogP contribution in [0, 0.1) is 0 Å². The smallest absolute Gasteiger partial charge is 0.243 e. The van der Waals surface area contributed by atoms with E-state index in [9.17, 15) is 8.42 Å². The molecule has 0 atom stereocenters. The Labute approximate surface area is 137 Å². The Hall–Kier alpha value is -1.25. The summed E-state index contributed by atoms with van der Waals surface area (Å²) in [6.45, 7) is 4.72. The fourth-order valence-electron chi connectivity index (χ4n) is 2.19. The molecule has 0 N–H and O–H groups in total. The Bertz CT molecular complexity index is 765. The molecule has 2 aromatic rings. The summed E-state index contributed by atoms with van der Waals surface area (Å²) >= 11 is 3.30. The molecule has 1 fully saturated rings. The van der Waals surface area contributed by atoms with Crippen LogP contribution in [0.4, 0.5) is 0 Å². The standard InChI is InChI=1S/C14H16BrN3O3S/c1-9(2)13-16-14(21-17-13)10-7-18(8-10)22(19,20)12-5-3-11(15)4-6-12/h3-6,9-10H,7-8H2,1-2H3. The van der Waals surface area contributed by atoms with Gasteiger partial charge in [-0.25, -0.2) is 8.42 Å². The third-order valence-corrected chi connectivity index (χ3v) is 6.00. The lowest BCUT2D eigenvalue weighted by atomic mass is 10.0. The van der Waals surface area contributed by atoms with Gasteiger partial charge in [0.25, 0.3) is 0 Å². The van der Waals surface area contributed by atoms with E-state index in [1.54, 1.807) is 24.3 Å². The van der Waals surface area contributed by atoms with Crippen molar-refractivity contribution >= 4 is 26.0 Å². The van der Waals surface area contributed by atoms with E-state index in [-0.39, 0.29) is 11.8 Å². The first kappa shape index (κ1) is 15.6. The Morgan fingerprint density at radius 1 is 1.27 bits per heavy atom. The molecular formula is C14H16BrN3O3S. The minimum Gasteiger partial charge on any atom is -0.339 e. The molecular weight excluding hydrogens is 370 g/mol. The fraction of sp³-hybridized carbons (Fsp3) is 0.429. The second-order valence-corrected chi connectivity index (χ2v) is 8.47. The molecule has 1 saturated heterocycles. The molecule has 6 nitrogen and oxygen atoms in total. The van der Waals surface area contributed by atoms with E-state index >= 15 is 0 Å². The topological polar surface area (TPSA) is 76.3 Å². The molecule has 1 aliphatic heterocycles. The van der Waals surface area contributed by atoms with Crippen molar-refractivity contribution in [1.82, 2.24) is 14.4 Å². The van der Waals surface area contributed by atoms with Gasteiger partial charge in [-0.05, 0) is 24.3 Å². The third-order valence-electron chi connectivity index (χ3n) is 3.62. The van der Waals surface area contributed by atoms with Crippen LogP contribution in [0.25, 0.3) is 0 Å². The Morgan fingerprint density at radius 3 is 2.45 bits per heavy atom. The van der Waals surface area contributed by atoms with Crippen molar-refractivity contribution < 1.29 is 12.9 Å². The van der Waals surface area contributed by atoms with Gasteiger partial charge in [0.1, 0.15) is 0 Å². The zero-order chi connectivity index (χ0) is 15.9. The molecule has 1 aromatic carbocycles. The number of nitrogens with zero attached hydrogens (tertiary/aromatic N) is 3. The van der Waals surface area contributed by atoms with Crippen LogP contribution in [0.3, 0.4) is 0 Å². The number of aromatic nitrogens is 2. The number of sulfonamides is 1. The van der Waals surface area contributed by atoms with Gasteiger partial charge in [0.15, 0.2) is 5.82 Å². The molecule has 0 bridgehead atoms. The largest absolute Gasteiger partial charge is 0.339 e. The first-order chi connectivity index (χ1) is 10.4. The number of hydrogen-bond acceptors (Lipinski definition) is 5. The van der Waals surface area contributed by atoms with E-state index in [0.29, 0.717) is 29.7 Å². The molecule has 0 unspecified atom stereocenters. The van der Waals surface area contributed by atoms with Gasteiger partial charge in [-0.15, -0.1) is 0 Å². The van der Waals surface area contributed by atoms with Crippen molar-refractivity contribution in [3.8, 4) is 0 Å². The molecule has 0 amide bonds. The minimum absolute atomic E-state index is 0.0229. The van der Waals surface area contributed by atoms with Crippen LogP contribution in [0.1, 0.15) is 37.4 Å². The summed E-state index contributed by atoms with van der Waals surface area (Å²) in [5.74, 6) is 1.35. The van der Waals surface area contributed by atoms with E-state index in [1.807, 2.05) is 13.8 Å². The van der Waals surface area contributed by atoms with Crippen molar-refractivity contribution in [3.05, 3.63) is 40.5 Å². The number of hydrogen-bond donors (Lipinski definition) is 0.